The van der Waals surface area contributed by atoms with Crippen LogP contribution in [0.3, 0.4) is 0 Å². The lowest BCUT2D eigenvalue weighted by atomic mass is 10.0. The van der Waals surface area contributed by atoms with Gasteiger partial charge in [-0.1, -0.05) is 43.0 Å². The maximum Gasteiger partial charge on any atom is 0.407 e. The van der Waals surface area contributed by atoms with E-state index < -0.39 is 12.1 Å². The molecule has 0 saturated heterocycles. The Bertz CT molecular complexity index is 444. The first-order valence-electron chi connectivity index (χ1n) is 6.41. The van der Waals surface area contributed by atoms with E-state index in [4.69, 9.17) is 9.84 Å². The van der Waals surface area contributed by atoms with Crippen LogP contribution >= 0.6 is 0 Å². The molecule has 108 valence electrons. The Kier molecular flexibility index (Phi) is 6.89. The Morgan fingerprint density at radius 3 is 2.65 bits per heavy atom. The van der Waals surface area contributed by atoms with Crippen LogP contribution in [0, 0.1) is 0 Å². The lowest BCUT2D eigenvalue weighted by Gasteiger charge is -2.17. The normalized spacial score (nSPS) is 11.4. The highest BCUT2D eigenvalue weighted by Crippen LogP contribution is 2.08. The number of ether oxygens (including phenoxy) is 1. The van der Waals surface area contributed by atoms with Crippen LogP contribution in [0.1, 0.15) is 18.4 Å². The van der Waals surface area contributed by atoms with E-state index in [1.54, 1.807) is 0 Å². The van der Waals surface area contributed by atoms with Crippen molar-refractivity contribution in [3.8, 4) is 0 Å². The summed E-state index contributed by atoms with van der Waals surface area (Å²) >= 11 is 0. The fourth-order valence-corrected chi connectivity index (χ4v) is 1.76. The van der Waals surface area contributed by atoms with Crippen LogP contribution in [0.15, 0.2) is 43.0 Å². The monoisotopic (exact) mass is 277 g/mol. The van der Waals surface area contributed by atoms with Crippen molar-refractivity contribution in [1.82, 2.24) is 5.32 Å². The summed E-state index contributed by atoms with van der Waals surface area (Å²) in [7, 11) is 0. The molecule has 0 aliphatic rings. The molecule has 0 heterocycles. The third kappa shape index (κ3) is 6.58. The minimum absolute atomic E-state index is 0.000755. The Balaban J connectivity index is 2.57. The summed E-state index contributed by atoms with van der Waals surface area (Å²) < 4.78 is 4.85. The number of carbonyl (C=O) groups excluding carboxylic acids is 1. The van der Waals surface area contributed by atoms with Crippen LogP contribution in [0.4, 0.5) is 4.79 Å². The van der Waals surface area contributed by atoms with Gasteiger partial charge in [-0.25, -0.2) is 4.79 Å². The molecule has 20 heavy (non-hydrogen) atoms. The van der Waals surface area contributed by atoms with Crippen molar-refractivity contribution in [2.75, 3.05) is 6.61 Å². The van der Waals surface area contributed by atoms with Gasteiger partial charge in [0.2, 0.25) is 0 Å². The Labute approximate surface area is 118 Å². The quantitative estimate of drug-likeness (QED) is 0.715. The van der Waals surface area contributed by atoms with Gasteiger partial charge in [0.1, 0.15) is 6.61 Å². The van der Waals surface area contributed by atoms with Gasteiger partial charge in [0.15, 0.2) is 0 Å². The van der Waals surface area contributed by atoms with Crippen LogP contribution in [0.5, 0.6) is 0 Å². The van der Waals surface area contributed by atoms with E-state index in [-0.39, 0.29) is 19.1 Å². The van der Waals surface area contributed by atoms with Gasteiger partial charge in [0.25, 0.3) is 0 Å². The third-order valence-corrected chi connectivity index (χ3v) is 2.69. The smallest absolute Gasteiger partial charge is 0.407 e. The zero-order valence-corrected chi connectivity index (χ0v) is 11.2. The molecule has 1 rings (SSSR count). The highest BCUT2D eigenvalue weighted by atomic mass is 16.5. The van der Waals surface area contributed by atoms with Gasteiger partial charge in [-0.15, -0.1) is 0 Å². The largest absolute Gasteiger partial charge is 0.481 e. The number of amides is 1. The summed E-state index contributed by atoms with van der Waals surface area (Å²) in [4.78, 5) is 22.2. The molecule has 5 heteroatoms. The highest BCUT2D eigenvalue weighted by molar-refractivity contribution is 5.68. The lowest BCUT2D eigenvalue weighted by molar-refractivity contribution is -0.137. The lowest BCUT2D eigenvalue weighted by Crippen LogP contribution is -2.37. The van der Waals surface area contributed by atoms with Crippen LogP contribution in [0.25, 0.3) is 0 Å². The number of benzene rings is 1. The second-order valence-electron chi connectivity index (χ2n) is 4.35. The molecule has 0 saturated carbocycles. The summed E-state index contributed by atoms with van der Waals surface area (Å²) in [5.74, 6) is -0.885. The number of aliphatic carboxylic acids is 1. The van der Waals surface area contributed by atoms with Gasteiger partial charge in [0, 0.05) is 12.5 Å². The standard InChI is InChI=1S/C15H19NO4/c1-2-10-20-15(19)16-13(8-9-14(17)18)11-12-6-4-3-5-7-12/h2-7,13H,1,8-11H2,(H,16,19)(H,17,18)/t13-/m1/s1. The molecule has 1 aromatic carbocycles. The summed E-state index contributed by atoms with van der Waals surface area (Å²) in [5.41, 5.74) is 1.03. The van der Waals surface area contributed by atoms with Crippen molar-refractivity contribution in [3.63, 3.8) is 0 Å². The van der Waals surface area contributed by atoms with Gasteiger partial charge < -0.3 is 15.2 Å². The van der Waals surface area contributed by atoms with Gasteiger partial charge in [-0.3, -0.25) is 4.79 Å². The predicted molar refractivity (Wildman–Crippen MR) is 75.5 cm³/mol. The summed E-state index contributed by atoms with van der Waals surface area (Å²) in [6.45, 7) is 3.58. The van der Waals surface area contributed by atoms with Crippen molar-refractivity contribution in [3.05, 3.63) is 48.6 Å². The maximum atomic E-state index is 11.5. The average Bonchev–Trinajstić information content (AvgIpc) is 2.43. The molecule has 0 unspecified atom stereocenters. The van der Waals surface area contributed by atoms with Crippen molar-refractivity contribution < 1.29 is 19.4 Å². The molecule has 0 spiro atoms. The molecule has 5 nitrogen and oxygen atoms in total. The van der Waals surface area contributed by atoms with Gasteiger partial charge in [-0.2, -0.15) is 0 Å². The number of hydrogen-bond donors (Lipinski definition) is 2. The number of carboxylic acids is 1. The van der Waals surface area contributed by atoms with E-state index in [0.717, 1.165) is 5.56 Å². The highest BCUT2D eigenvalue weighted by Gasteiger charge is 2.15. The molecular weight excluding hydrogens is 258 g/mol. The molecule has 1 amide bonds. The molecule has 0 aliphatic heterocycles. The van der Waals surface area contributed by atoms with E-state index in [9.17, 15) is 9.59 Å². The zero-order chi connectivity index (χ0) is 14.8. The first-order valence-corrected chi connectivity index (χ1v) is 6.41. The fourth-order valence-electron chi connectivity index (χ4n) is 1.76. The molecule has 0 radical (unpaired) electrons. The Morgan fingerprint density at radius 2 is 2.05 bits per heavy atom. The summed E-state index contributed by atoms with van der Waals surface area (Å²) in [6, 6.07) is 9.31. The second kappa shape index (κ2) is 8.74. The molecule has 2 N–H and O–H groups in total. The van der Waals surface area contributed by atoms with E-state index in [1.165, 1.54) is 6.08 Å². The predicted octanol–water partition coefficient (Wildman–Crippen LogP) is 2.37. The average molecular weight is 277 g/mol. The van der Waals surface area contributed by atoms with Crippen molar-refractivity contribution in [2.24, 2.45) is 0 Å². The minimum Gasteiger partial charge on any atom is -0.481 e. The Hall–Kier alpha value is -2.30. The Morgan fingerprint density at radius 1 is 1.35 bits per heavy atom. The van der Waals surface area contributed by atoms with Gasteiger partial charge in [-0.05, 0) is 18.4 Å². The molecule has 1 aromatic rings. The van der Waals surface area contributed by atoms with Gasteiger partial charge in [0.05, 0.1) is 0 Å². The van der Waals surface area contributed by atoms with E-state index in [1.807, 2.05) is 30.3 Å². The number of alkyl carbamates (subject to hydrolysis) is 1. The molecular formula is C15H19NO4. The topological polar surface area (TPSA) is 75.6 Å². The first kappa shape index (κ1) is 15.8. The SMILES string of the molecule is C=CCOC(=O)N[C@H](CCC(=O)O)Cc1ccccc1. The summed E-state index contributed by atoms with van der Waals surface area (Å²) in [6.07, 6.45) is 1.84. The van der Waals surface area contributed by atoms with Crippen LogP contribution < -0.4 is 5.32 Å². The van der Waals surface area contributed by atoms with Crippen molar-refractivity contribution in [1.29, 1.82) is 0 Å². The molecule has 0 aliphatic carbocycles. The second-order valence-corrected chi connectivity index (χ2v) is 4.35. The van der Waals surface area contributed by atoms with Gasteiger partial charge >= 0.3 is 12.1 Å². The fraction of sp³-hybridized carbons (Fsp3) is 0.333. The molecule has 0 fully saturated rings. The zero-order valence-electron chi connectivity index (χ0n) is 11.2. The number of nitrogens with one attached hydrogen (secondary N) is 1. The van der Waals surface area contributed by atoms with Crippen molar-refractivity contribution in [2.45, 2.75) is 25.3 Å². The molecule has 0 bridgehead atoms. The third-order valence-electron chi connectivity index (χ3n) is 2.69. The van der Waals surface area contributed by atoms with Crippen LogP contribution in [0.2, 0.25) is 0 Å². The number of rotatable bonds is 8. The number of carbonyl (C=O) groups is 2. The first-order chi connectivity index (χ1) is 9.61. The van der Waals surface area contributed by atoms with E-state index in [2.05, 4.69) is 11.9 Å². The summed E-state index contributed by atoms with van der Waals surface area (Å²) in [5, 5.41) is 11.4. The number of hydrogen-bond acceptors (Lipinski definition) is 3. The van der Waals surface area contributed by atoms with Crippen LogP contribution in [-0.4, -0.2) is 29.8 Å². The maximum absolute atomic E-state index is 11.5. The number of carboxylic acid groups (broad SMARTS) is 1. The minimum atomic E-state index is -0.885. The molecule has 0 aromatic heterocycles. The molecule has 1 atom stereocenters. The van der Waals surface area contributed by atoms with E-state index in [0.29, 0.717) is 12.8 Å². The van der Waals surface area contributed by atoms with Crippen LogP contribution in [-0.2, 0) is 16.0 Å². The van der Waals surface area contributed by atoms with Crippen molar-refractivity contribution >= 4 is 12.1 Å². The van der Waals surface area contributed by atoms with E-state index >= 15 is 0 Å².